The van der Waals surface area contributed by atoms with Gasteiger partial charge in [-0.3, -0.25) is 0 Å². The van der Waals surface area contributed by atoms with Gasteiger partial charge in [0.1, 0.15) is 0 Å². The minimum absolute atomic E-state index is 0.457. The molecule has 9 rings (SSSR count). The Bertz CT molecular complexity index is 2430. The Morgan fingerprint density at radius 3 is 1.83 bits per heavy atom. The Kier molecular flexibility index (Phi) is 5.78. The molecule has 3 aromatic heterocycles. The highest BCUT2D eigenvalue weighted by Gasteiger charge is 2.41. The molecule has 0 saturated carbocycles. The molecule has 0 aliphatic heterocycles. The zero-order chi connectivity index (χ0) is 30.8. The zero-order valence-corrected chi connectivity index (χ0v) is 25.5. The summed E-state index contributed by atoms with van der Waals surface area (Å²) in [5.41, 5.74) is 11.5. The van der Waals surface area contributed by atoms with E-state index in [0.717, 1.165) is 61.9 Å². The predicted octanol–water partition coefficient (Wildman–Crippen LogP) is 9.67. The van der Waals surface area contributed by atoms with Crippen molar-refractivity contribution in [1.82, 2.24) is 24.5 Å². The van der Waals surface area contributed by atoms with Crippen LogP contribution in [-0.4, -0.2) is 24.5 Å². The van der Waals surface area contributed by atoms with E-state index in [4.69, 9.17) is 19.9 Å². The average Bonchev–Trinajstić information content (AvgIpc) is 3.56. The number of fused-ring (bicyclic) bond motifs is 6. The van der Waals surface area contributed by atoms with Gasteiger partial charge in [-0.05, 0) is 50.2 Å². The largest absolute Gasteiger partial charge is 0.309 e. The highest BCUT2D eigenvalue weighted by atomic mass is 15.0. The maximum atomic E-state index is 5.34. The van der Waals surface area contributed by atoms with Gasteiger partial charge >= 0.3 is 0 Å². The molecule has 5 aromatic carbocycles. The van der Waals surface area contributed by atoms with Crippen LogP contribution in [0.1, 0.15) is 25.2 Å². The minimum atomic E-state index is -0.457. The molecule has 3 heterocycles. The quantitative estimate of drug-likeness (QED) is 0.204. The third-order valence-corrected chi connectivity index (χ3v) is 9.16. The molecular formula is C41H29N5. The molecular weight excluding hydrogens is 562 g/mol. The Labute approximate surface area is 266 Å². The number of aromatic nitrogens is 5. The van der Waals surface area contributed by atoms with Crippen molar-refractivity contribution in [3.63, 3.8) is 0 Å². The van der Waals surface area contributed by atoms with Crippen molar-refractivity contribution in [1.29, 1.82) is 0 Å². The summed E-state index contributed by atoms with van der Waals surface area (Å²) < 4.78 is 2.32. The second-order valence-electron chi connectivity index (χ2n) is 12.4. The van der Waals surface area contributed by atoms with Gasteiger partial charge in [0, 0.05) is 44.9 Å². The summed E-state index contributed by atoms with van der Waals surface area (Å²) >= 11 is 0. The highest BCUT2D eigenvalue weighted by molar-refractivity contribution is 6.10. The maximum Gasteiger partial charge on any atom is 0.159 e. The van der Waals surface area contributed by atoms with Crippen molar-refractivity contribution in [2.45, 2.75) is 19.3 Å². The second-order valence-corrected chi connectivity index (χ2v) is 12.4. The van der Waals surface area contributed by atoms with Crippen LogP contribution < -0.4 is 0 Å². The van der Waals surface area contributed by atoms with Gasteiger partial charge in [-0.15, -0.1) is 0 Å². The van der Waals surface area contributed by atoms with E-state index < -0.39 is 5.41 Å². The first kappa shape index (κ1) is 26.5. The van der Waals surface area contributed by atoms with E-state index in [-0.39, 0.29) is 0 Å². The Morgan fingerprint density at radius 2 is 1.11 bits per heavy atom. The molecule has 0 saturated heterocycles. The van der Waals surface area contributed by atoms with E-state index in [1.54, 1.807) is 0 Å². The highest BCUT2D eigenvalue weighted by Crippen LogP contribution is 2.48. The number of rotatable bonds is 4. The van der Waals surface area contributed by atoms with E-state index in [1.807, 2.05) is 42.6 Å². The Morgan fingerprint density at radius 1 is 0.500 bits per heavy atom. The van der Waals surface area contributed by atoms with Crippen molar-refractivity contribution in [2.75, 3.05) is 0 Å². The van der Waals surface area contributed by atoms with Crippen LogP contribution in [0.5, 0.6) is 0 Å². The fraction of sp³-hybridized carbons (Fsp3) is 0.0732. The van der Waals surface area contributed by atoms with Gasteiger partial charge in [0.15, 0.2) is 5.82 Å². The predicted molar refractivity (Wildman–Crippen MR) is 186 cm³/mol. The molecule has 0 bridgehead atoms. The summed E-state index contributed by atoms with van der Waals surface area (Å²) in [7, 11) is 0. The van der Waals surface area contributed by atoms with Crippen LogP contribution in [0, 0.1) is 0 Å². The first-order valence-corrected chi connectivity index (χ1v) is 15.6. The normalized spacial score (nSPS) is 13.2. The fourth-order valence-corrected chi connectivity index (χ4v) is 6.90. The molecule has 218 valence electrons. The first-order chi connectivity index (χ1) is 22.6. The molecule has 0 N–H and O–H groups in total. The second kappa shape index (κ2) is 10.0. The van der Waals surface area contributed by atoms with Crippen molar-refractivity contribution in [2.24, 2.45) is 0 Å². The van der Waals surface area contributed by atoms with Crippen LogP contribution in [0.3, 0.4) is 0 Å². The summed E-state index contributed by atoms with van der Waals surface area (Å²) in [5, 5.41) is 2.37. The van der Waals surface area contributed by atoms with Crippen LogP contribution in [0.2, 0.25) is 0 Å². The van der Waals surface area contributed by atoms with Gasteiger partial charge < -0.3 is 4.57 Å². The lowest BCUT2D eigenvalue weighted by molar-refractivity contribution is 0.614. The summed E-state index contributed by atoms with van der Waals surface area (Å²) in [6, 6.07) is 46.2. The molecule has 0 atom stereocenters. The third kappa shape index (κ3) is 3.95. The van der Waals surface area contributed by atoms with Crippen LogP contribution in [-0.2, 0) is 5.41 Å². The fourth-order valence-electron chi connectivity index (χ4n) is 6.90. The van der Waals surface area contributed by atoms with Crippen LogP contribution >= 0.6 is 0 Å². The van der Waals surface area contributed by atoms with Crippen LogP contribution in [0.15, 0.2) is 140 Å². The number of benzene rings is 5. The lowest BCUT2D eigenvalue weighted by Gasteiger charge is -2.20. The third-order valence-electron chi connectivity index (χ3n) is 9.16. The molecule has 46 heavy (non-hydrogen) atoms. The molecule has 8 aromatic rings. The minimum Gasteiger partial charge on any atom is -0.309 e. The molecule has 5 heteroatoms. The molecule has 0 unspecified atom stereocenters. The SMILES string of the molecule is CC1(C)c2nc(-c3ccc4c(c3)c3ccccc3n4-c3ccccc3)ncc2-c2nc(-c3ccccc3)c(-c3ccccc3)nc21. The van der Waals surface area contributed by atoms with Crippen molar-refractivity contribution >= 4 is 21.8 Å². The number of hydrogen-bond acceptors (Lipinski definition) is 4. The molecule has 0 fully saturated rings. The van der Waals surface area contributed by atoms with Crippen LogP contribution in [0.4, 0.5) is 0 Å². The molecule has 0 radical (unpaired) electrons. The smallest absolute Gasteiger partial charge is 0.159 e. The Hall–Kier alpha value is -5.94. The van der Waals surface area contributed by atoms with E-state index in [0.29, 0.717) is 5.82 Å². The van der Waals surface area contributed by atoms with Gasteiger partial charge in [0.25, 0.3) is 0 Å². The summed E-state index contributed by atoms with van der Waals surface area (Å²) in [6.45, 7) is 4.38. The summed E-state index contributed by atoms with van der Waals surface area (Å²) in [4.78, 5) is 20.8. The lowest BCUT2D eigenvalue weighted by Crippen LogP contribution is -2.19. The Balaban J connectivity index is 1.21. The van der Waals surface area contributed by atoms with Crippen molar-refractivity contribution in [3.8, 4) is 50.8 Å². The molecule has 0 amide bonds. The maximum absolute atomic E-state index is 5.34. The molecule has 5 nitrogen and oxygen atoms in total. The zero-order valence-electron chi connectivity index (χ0n) is 25.5. The number of nitrogens with zero attached hydrogens (tertiary/aromatic N) is 5. The topological polar surface area (TPSA) is 56.5 Å². The first-order valence-electron chi connectivity index (χ1n) is 15.6. The van der Waals surface area contributed by atoms with Gasteiger partial charge in [0.05, 0.1) is 44.9 Å². The van der Waals surface area contributed by atoms with E-state index in [1.165, 1.54) is 16.3 Å². The van der Waals surface area contributed by atoms with Crippen LogP contribution in [0.25, 0.3) is 72.7 Å². The van der Waals surface area contributed by atoms with Gasteiger partial charge in [-0.1, -0.05) is 97.1 Å². The monoisotopic (exact) mass is 591 g/mol. The molecule has 0 spiro atoms. The summed E-state index contributed by atoms with van der Waals surface area (Å²) in [6.07, 6.45) is 1.94. The lowest BCUT2D eigenvalue weighted by atomic mass is 9.89. The summed E-state index contributed by atoms with van der Waals surface area (Å²) in [5.74, 6) is 0.699. The van der Waals surface area contributed by atoms with E-state index in [2.05, 4.69) is 115 Å². The van der Waals surface area contributed by atoms with Gasteiger partial charge in [0.2, 0.25) is 0 Å². The van der Waals surface area contributed by atoms with E-state index >= 15 is 0 Å². The van der Waals surface area contributed by atoms with Gasteiger partial charge in [-0.25, -0.2) is 19.9 Å². The van der Waals surface area contributed by atoms with Crippen molar-refractivity contribution in [3.05, 3.63) is 151 Å². The number of para-hydroxylation sites is 2. The van der Waals surface area contributed by atoms with Crippen molar-refractivity contribution < 1.29 is 0 Å². The standard InChI is InChI=1S/C41H29N5/c1-41(2)38-32(37-39(41)44-36(27-16-8-4-9-17-27)35(43-37)26-14-6-3-7-15-26)25-42-40(45-38)28-22-23-34-31(24-28)30-20-12-13-21-33(30)46(34)29-18-10-5-11-19-29/h3-25H,1-2H3. The van der Waals surface area contributed by atoms with E-state index in [9.17, 15) is 0 Å². The molecule has 1 aliphatic carbocycles. The van der Waals surface area contributed by atoms with Gasteiger partial charge in [-0.2, -0.15) is 0 Å². The number of hydrogen-bond donors (Lipinski definition) is 0. The molecule has 1 aliphatic rings. The average molecular weight is 592 g/mol.